The fraction of sp³-hybridized carbons (Fsp3) is 0.433. The fourth-order valence-corrected chi connectivity index (χ4v) is 6.14. The highest BCUT2D eigenvalue weighted by atomic mass is 16.4. The Kier molecular flexibility index (Phi) is 8.32. The molecule has 3 N–H and O–H groups in total. The SMILES string of the molecule is CN1CN(c2ccccc2)C2(CCN(C(=O)NCC(NC(=O)[C@@H]3CCC(=O)N3Cc3ccccc3)C(=O)O)CC2)C1=O. The predicted molar refractivity (Wildman–Crippen MR) is 153 cm³/mol. The lowest BCUT2D eigenvalue weighted by Gasteiger charge is -2.43. The van der Waals surface area contributed by atoms with Crippen LogP contribution in [0.1, 0.15) is 31.2 Å². The van der Waals surface area contributed by atoms with E-state index in [1.807, 2.05) is 60.7 Å². The number of urea groups is 1. The molecule has 0 radical (unpaired) electrons. The van der Waals surface area contributed by atoms with E-state index in [2.05, 4.69) is 15.5 Å². The van der Waals surface area contributed by atoms with Crippen LogP contribution in [-0.2, 0) is 25.7 Å². The van der Waals surface area contributed by atoms with Crippen LogP contribution in [-0.4, -0.2) is 101 Å². The van der Waals surface area contributed by atoms with Gasteiger partial charge in [0.15, 0.2) is 0 Å². The van der Waals surface area contributed by atoms with Gasteiger partial charge in [-0.25, -0.2) is 9.59 Å². The van der Waals surface area contributed by atoms with Crippen LogP contribution >= 0.6 is 0 Å². The van der Waals surface area contributed by atoms with Crippen molar-refractivity contribution in [1.82, 2.24) is 25.3 Å². The first-order valence-corrected chi connectivity index (χ1v) is 14.2. The van der Waals surface area contributed by atoms with Crippen LogP contribution in [0.5, 0.6) is 0 Å². The first-order chi connectivity index (χ1) is 20.2. The number of carbonyl (C=O) groups is 5. The smallest absolute Gasteiger partial charge is 0.328 e. The Balaban J connectivity index is 1.16. The second-order valence-electron chi connectivity index (χ2n) is 11.1. The van der Waals surface area contributed by atoms with Crippen molar-refractivity contribution >= 4 is 35.4 Å². The van der Waals surface area contributed by atoms with Crippen molar-refractivity contribution in [2.45, 2.75) is 49.9 Å². The lowest BCUT2D eigenvalue weighted by Crippen LogP contribution is -2.59. The molecule has 0 saturated carbocycles. The lowest BCUT2D eigenvalue weighted by atomic mass is 9.85. The molecule has 0 aromatic heterocycles. The summed E-state index contributed by atoms with van der Waals surface area (Å²) in [6.45, 7) is 1.03. The number of benzene rings is 2. The van der Waals surface area contributed by atoms with Crippen LogP contribution in [0.3, 0.4) is 0 Å². The van der Waals surface area contributed by atoms with Crippen molar-refractivity contribution in [3.05, 3.63) is 66.2 Å². The van der Waals surface area contributed by atoms with Gasteiger partial charge < -0.3 is 35.3 Å². The molecule has 12 nitrogen and oxygen atoms in total. The molecule has 3 saturated heterocycles. The van der Waals surface area contributed by atoms with Gasteiger partial charge in [-0.2, -0.15) is 0 Å². The Morgan fingerprint density at radius 3 is 2.29 bits per heavy atom. The maximum atomic E-state index is 13.2. The third kappa shape index (κ3) is 5.74. The number of nitrogens with one attached hydrogen (secondary N) is 2. The van der Waals surface area contributed by atoms with Gasteiger partial charge in [-0.3, -0.25) is 14.4 Å². The Morgan fingerprint density at radius 1 is 1.00 bits per heavy atom. The Hall–Kier alpha value is -4.61. The molecule has 42 heavy (non-hydrogen) atoms. The molecule has 3 fully saturated rings. The number of hydrogen-bond donors (Lipinski definition) is 3. The van der Waals surface area contributed by atoms with Gasteiger partial charge in [0.1, 0.15) is 17.6 Å². The van der Waals surface area contributed by atoms with E-state index in [4.69, 9.17) is 0 Å². The first-order valence-electron chi connectivity index (χ1n) is 14.2. The van der Waals surface area contributed by atoms with E-state index >= 15 is 0 Å². The van der Waals surface area contributed by atoms with Crippen molar-refractivity contribution in [3.63, 3.8) is 0 Å². The first kappa shape index (κ1) is 28.9. The quantitative estimate of drug-likeness (QED) is 0.429. The van der Waals surface area contributed by atoms with Crippen LogP contribution in [0.4, 0.5) is 10.5 Å². The predicted octanol–water partition coefficient (Wildman–Crippen LogP) is 1.23. The largest absolute Gasteiger partial charge is 0.480 e. The summed E-state index contributed by atoms with van der Waals surface area (Å²) in [4.78, 5) is 70.6. The van der Waals surface area contributed by atoms with Gasteiger partial charge in [0.25, 0.3) is 0 Å². The summed E-state index contributed by atoms with van der Waals surface area (Å²) in [5.74, 6) is -2.01. The monoisotopic (exact) mass is 576 g/mol. The number of likely N-dealkylation sites (tertiary alicyclic amines) is 2. The van der Waals surface area contributed by atoms with E-state index in [-0.39, 0.29) is 31.3 Å². The van der Waals surface area contributed by atoms with Gasteiger partial charge in [-0.1, -0.05) is 48.5 Å². The molecule has 5 rings (SSSR count). The molecule has 0 aliphatic carbocycles. The number of hydrogen-bond acceptors (Lipinski definition) is 6. The number of nitrogens with zero attached hydrogens (tertiary/aromatic N) is 4. The molecule has 2 atom stereocenters. The number of piperidine rings is 1. The Labute approximate surface area is 244 Å². The summed E-state index contributed by atoms with van der Waals surface area (Å²) in [7, 11) is 1.77. The highest BCUT2D eigenvalue weighted by Crippen LogP contribution is 2.38. The van der Waals surface area contributed by atoms with E-state index in [9.17, 15) is 29.1 Å². The Morgan fingerprint density at radius 2 is 1.64 bits per heavy atom. The summed E-state index contributed by atoms with van der Waals surface area (Å²) in [6.07, 6.45) is 1.37. The number of carbonyl (C=O) groups excluding carboxylic acids is 4. The van der Waals surface area contributed by atoms with Crippen LogP contribution in [0.2, 0.25) is 0 Å². The van der Waals surface area contributed by atoms with E-state index < -0.39 is 35.5 Å². The van der Waals surface area contributed by atoms with E-state index in [0.29, 0.717) is 39.0 Å². The molecule has 2 aromatic carbocycles. The zero-order valence-electron chi connectivity index (χ0n) is 23.6. The molecular formula is C30H36N6O6. The fourth-order valence-electron chi connectivity index (χ4n) is 6.14. The average molecular weight is 577 g/mol. The number of para-hydroxylation sites is 1. The molecule has 1 spiro atoms. The third-order valence-corrected chi connectivity index (χ3v) is 8.46. The Bertz CT molecular complexity index is 1330. The summed E-state index contributed by atoms with van der Waals surface area (Å²) >= 11 is 0. The van der Waals surface area contributed by atoms with Gasteiger partial charge in [0.2, 0.25) is 17.7 Å². The van der Waals surface area contributed by atoms with Crippen LogP contribution in [0.25, 0.3) is 0 Å². The number of carboxylic acid groups (broad SMARTS) is 1. The van der Waals surface area contributed by atoms with Crippen LogP contribution in [0.15, 0.2) is 60.7 Å². The van der Waals surface area contributed by atoms with Gasteiger partial charge in [0, 0.05) is 38.8 Å². The average Bonchev–Trinajstić information content (AvgIpc) is 3.48. The number of anilines is 1. The number of carboxylic acids is 1. The molecule has 3 aliphatic rings. The topological polar surface area (TPSA) is 143 Å². The van der Waals surface area contributed by atoms with Gasteiger partial charge in [0.05, 0.1) is 13.2 Å². The van der Waals surface area contributed by atoms with Gasteiger partial charge >= 0.3 is 12.0 Å². The number of likely N-dealkylation sites (N-methyl/N-ethyl adjacent to an activating group) is 1. The molecule has 0 bridgehead atoms. The van der Waals surface area contributed by atoms with Gasteiger partial charge in [-0.05, 0) is 37.0 Å². The maximum absolute atomic E-state index is 13.2. The van der Waals surface area contributed by atoms with Crippen molar-refractivity contribution in [2.75, 3.05) is 38.3 Å². The molecule has 5 amide bonds. The molecule has 2 aromatic rings. The second kappa shape index (κ2) is 12.1. The standard InChI is InChI=1S/C30H36N6O6/c1-33-20-36(22-10-6-3-7-11-22)30(28(33)41)14-16-34(17-15-30)29(42)31-18-23(27(39)40)32-26(38)24-12-13-25(37)35(24)19-21-8-4-2-5-9-21/h2-11,23-24H,12-20H2,1H3,(H,31,42)(H,32,38)(H,39,40)/t23?,24-/m0/s1. The molecule has 12 heteroatoms. The number of aliphatic carboxylic acids is 1. The zero-order chi connectivity index (χ0) is 29.9. The normalized spacial score (nSPS) is 20.6. The third-order valence-electron chi connectivity index (χ3n) is 8.46. The van der Waals surface area contributed by atoms with Crippen molar-refractivity contribution in [2.24, 2.45) is 0 Å². The summed E-state index contributed by atoms with van der Waals surface area (Å²) in [6, 6.07) is 16.4. The maximum Gasteiger partial charge on any atom is 0.328 e. The van der Waals surface area contributed by atoms with Crippen molar-refractivity contribution in [3.8, 4) is 0 Å². The lowest BCUT2D eigenvalue weighted by molar-refractivity contribution is -0.143. The molecular weight excluding hydrogens is 540 g/mol. The van der Waals surface area contributed by atoms with Gasteiger partial charge in [-0.15, -0.1) is 0 Å². The van der Waals surface area contributed by atoms with Crippen molar-refractivity contribution in [1.29, 1.82) is 0 Å². The van der Waals surface area contributed by atoms with Crippen molar-refractivity contribution < 1.29 is 29.1 Å². The zero-order valence-corrected chi connectivity index (χ0v) is 23.6. The molecule has 1 unspecified atom stereocenters. The van der Waals surface area contributed by atoms with Crippen LogP contribution in [0, 0.1) is 0 Å². The highest BCUT2D eigenvalue weighted by Gasteiger charge is 2.53. The highest BCUT2D eigenvalue weighted by molar-refractivity contribution is 5.94. The van der Waals surface area contributed by atoms with Crippen LogP contribution < -0.4 is 15.5 Å². The number of amides is 5. The van der Waals surface area contributed by atoms with E-state index in [0.717, 1.165) is 11.3 Å². The number of rotatable bonds is 8. The second-order valence-corrected chi connectivity index (χ2v) is 11.1. The molecule has 222 valence electrons. The molecule has 3 aliphatic heterocycles. The minimum atomic E-state index is -1.37. The van der Waals surface area contributed by atoms with E-state index in [1.54, 1.807) is 16.8 Å². The summed E-state index contributed by atoms with van der Waals surface area (Å²) in [5, 5.41) is 14.9. The minimum Gasteiger partial charge on any atom is -0.480 e. The molecule has 3 heterocycles. The van der Waals surface area contributed by atoms with E-state index in [1.165, 1.54) is 4.90 Å². The summed E-state index contributed by atoms with van der Waals surface area (Å²) < 4.78 is 0. The minimum absolute atomic E-state index is 0.0202. The summed E-state index contributed by atoms with van der Waals surface area (Å²) in [5.41, 5.74) is 1.07.